The quantitative estimate of drug-likeness (QED) is 0.179. The molecule has 9 nitrogen and oxygen atoms in total. The summed E-state index contributed by atoms with van der Waals surface area (Å²) in [4.78, 5) is 33.0. The molecule has 0 spiro atoms. The molecule has 200 valence electrons. The maximum absolute atomic E-state index is 13.6. The summed E-state index contributed by atoms with van der Waals surface area (Å²) < 4.78 is 22.5. The molecule has 1 fully saturated rings. The van der Waals surface area contributed by atoms with Crippen molar-refractivity contribution in [2.75, 3.05) is 32.8 Å². The molecule has 1 unspecified atom stereocenters. The van der Waals surface area contributed by atoms with Crippen molar-refractivity contribution >= 4 is 44.1 Å². The normalized spacial score (nSPS) is 16.5. The van der Waals surface area contributed by atoms with Gasteiger partial charge >= 0.3 is 5.91 Å². The van der Waals surface area contributed by atoms with Gasteiger partial charge < -0.3 is 24.1 Å². The lowest BCUT2D eigenvalue weighted by Crippen LogP contribution is -2.29. The molecular formula is C29H26N2O7S. The number of anilines is 1. The van der Waals surface area contributed by atoms with E-state index >= 15 is 0 Å². The summed E-state index contributed by atoms with van der Waals surface area (Å²) in [6.07, 6.45) is 0. The van der Waals surface area contributed by atoms with Gasteiger partial charge in [0.2, 0.25) is 0 Å². The average molecular weight is 547 g/mol. The second-order valence-electron chi connectivity index (χ2n) is 8.57. The third kappa shape index (κ3) is 4.63. The van der Waals surface area contributed by atoms with Crippen LogP contribution in [-0.4, -0.2) is 49.7 Å². The molecule has 10 heteroatoms. The highest BCUT2D eigenvalue weighted by atomic mass is 32.1. The Morgan fingerprint density at radius 2 is 1.64 bits per heavy atom. The van der Waals surface area contributed by atoms with Crippen LogP contribution < -0.4 is 23.8 Å². The second kappa shape index (κ2) is 10.7. The number of benzene rings is 3. The number of rotatable bonds is 8. The lowest BCUT2D eigenvalue weighted by molar-refractivity contribution is -0.132. The number of thiazole rings is 1. The zero-order chi connectivity index (χ0) is 27.7. The maximum atomic E-state index is 13.6. The fraction of sp³-hybridized carbons (Fsp3) is 0.207. The van der Waals surface area contributed by atoms with Crippen LogP contribution in [0.3, 0.4) is 0 Å². The summed E-state index contributed by atoms with van der Waals surface area (Å²) in [7, 11) is 4.62. The highest BCUT2D eigenvalue weighted by Crippen LogP contribution is 2.46. The number of ether oxygens (including phenoxy) is 4. The minimum atomic E-state index is -0.973. The highest BCUT2D eigenvalue weighted by Gasteiger charge is 2.48. The number of aliphatic hydroxyl groups is 1. The Kier molecular flexibility index (Phi) is 7.12. The van der Waals surface area contributed by atoms with Crippen LogP contribution in [0.25, 0.3) is 16.0 Å². The monoisotopic (exact) mass is 546 g/mol. The standard InChI is InChI=1S/C29H26N2O7S/c1-5-38-21-13-8-17(14-22(21)37-4)25-24(26(32)16-6-9-18(35-2)10-7-16)27(33)28(34)31(25)29-30-20-12-11-19(36-3)15-23(20)39-29/h6-15,25,32H,5H2,1-4H3. The van der Waals surface area contributed by atoms with E-state index in [4.69, 9.17) is 18.9 Å². The molecule has 4 aromatic rings. The first-order valence-corrected chi connectivity index (χ1v) is 12.9. The van der Waals surface area contributed by atoms with Crippen molar-refractivity contribution in [1.82, 2.24) is 4.98 Å². The largest absolute Gasteiger partial charge is 0.507 e. The van der Waals surface area contributed by atoms with Gasteiger partial charge in [0.15, 0.2) is 16.6 Å². The molecule has 1 saturated heterocycles. The number of aliphatic hydroxyl groups excluding tert-OH is 1. The number of hydrogen-bond donors (Lipinski definition) is 1. The maximum Gasteiger partial charge on any atom is 0.301 e. The molecular weight excluding hydrogens is 520 g/mol. The predicted octanol–water partition coefficient (Wildman–Crippen LogP) is 5.35. The van der Waals surface area contributed by atoms with Crippen LogP contribution in [0.1, 0.15) is 24.1 Å². The molecule has 1 N–H and O–H groups in total. The second-order valence-corrected chi connectivity index (χ2v) is 9.58. The minimum absolute atomic E-state index is 0.0618. The molecule has 39 heavy (non-hydrogen) atoms. The van der Waals surface area contributed by atoms with E-state index in [2.05, 4.69) is 4.98 Å². The first-order chi connectivity index (χ1) is 18.9. The Bertz CT molecular complexity index is 1590. The zero-order valence-electron chi connectivity index (χ0n) is 21.8. The van der Waals surface area contributed by atoms with Crippen molar-refractivity contribution in [3.8, 4) is 23.0 Å². The smallest absolute Gasteiger partial charge is 0.301 e. The van der Waals surface area contributed by atoms with E-state index < -0.39 is 17.7 Å². The topological polar surface area (TPSA) is 107 Å². The summed E-state index contributed by atoms with van der Waals surface area (Å²) in [5.41, 5.74) is 1.50. The summed E-state index contributed by atoms with van der Waals surface area (Å²) in [6.45, 7) is 2.29. The molecule has 1 aliphatic heterocycles. The van der Waals surface area contributed by atoms with Gasteiger partial charge in [0.1, 0.15) is 17.3 Å². The molecule has 0 bridgehead atoms. The first-order valence-electron chi connectivity index (χ1n) is 12.1. The van der Waals surface area contributed by atoms with Crippen molar-refractivity contribution in [3.05, 3.63) is 77.4 Å². The van der Waals surface area contributed by atoms with E-state index in [-0.39, 0.29) is 11.3 Å². The van der Waals surface area contributed by atoms with Gasteiger partial charge in [0, 0.05) is 5.56 Å². The van der Waals surface area contributed by atoms with Gasteiger partial charge in [0.25, 0.3) is 5.78 Å². The minimum Gasteiger partial charge on any atom is -0.507 e. The van der Waals surface area contributed by atoms with Crippen molar-refractivity contribution in [3.63, 3.8) is 0 Å². The van der Waals surface area contributed by atoms with Crippen LogP contribution in [0.4, 0.5) is 5.13 Å². The Balaban J connectivity index is 1.71. The summed E-state index contributed by atoms with van der Waals surface area (Å²) in [5, 5.41) is 11.7. The molecule has 0 radical (unpaired) electrons. The fourth-order valence-electron chi connectivity index (χ4n) is 4.50. The van der Waals surface area contributed by atoms with Crippen molar-refractivity contribution in [2.24, 2.45) is 0 Å². The van der Waals surface area contributed by atoms with Crippen LogP contribution in [0, 0.1) is 0 Å². The molecule has 1 amide bonds. The first kappa shape index (κ1) is 26.1. The van der Waals surface area contributed by atoms with E-state index in [9.17, 15) is 14.7 Å². The van der Waals surface area contributed by atoms with Gasteiger partial charge in [-0.25, -0.2) is 4.98 Å². The van der Waals surface area contributed by atoms with Crippen molar-refractivity contribution in [2.45, 2.75) is 13.0 Å². The molecule has 3 aromatic carbocycles. The summed E-state index contributed by atoms with van der Waals surface area (Å²) >= 11 is 1.25. The van der Waals surface area contributed by atoms with Crippen LogP contribution >= 0.6 is 11.3 Å². The molecule has 1 atom stereocenters. The van der Waals surface area contributed by atoms with Gasteiger partial charge in [-0.2, -0.15) is 0 Å². The molecule has 1 aliphatic rings. The molecule has 5 rings (SSSR count). The number of nitrogens with zero attached hydrogens (tertiary/aromatic N) is 2. The van der Waals surface area contributed by atoms with Crippen LogP contribution in [0.2, 0.25) is 0 Å². The Labute approximate surface area is 228 Å². The van der Waals surface area contributed by atoms with E-state index in [1.54, 1.807) is 61.7 Å². The van der Waals surface area contributed by atoms with Crippen molar-refractivity contribution < 1.29 is 33.6 Å². The molecule has 0 aliphatic carbocycles. The zero-order valence-corrected chi connectivity index (χ0v) is 22.6. The third-order valence-electron chi connectivity index (χ3n) is 6.40. The number of methoxy groups -OCH3 is 3. The molecule has 2 heterocycles. The number of hydrogen-bond acceptors (Lipinski definition) is 9. The highest BCUT2D eigenvalue weighted by molar-refractivity contribution is 7.22. The van der Waals surface area contributed by atoms with Crippen LogP contribution in [0.15, 0.2) is 66.2 Å². The number of amides is 1. The van der Waals surface area contributed by atoms with Gasteiger partial charge in [-0.1, -0.05) is 17.4 Å². The number of aromatic nitrogens is 1. The number of Topliss-reactive ketones (excluding diaryl/α,β-unsaturated/α-hetero) is 1. The van der Waals surface area contributed by atoms with Gasteiger partial charge in [-0.15, -0.1) is 0 Å². The number of fused-ring (bicyclic) bond motifs is 1. The number of carbonyl (C=O) groups is 2. The van der Waals surface area contributed by atoms with Crippen LogP contribution in [0.5, 0.6) is 23.0 Å². The predicted molar refractivity (Wildman–Crippen MR) is 148 cm³/mol. The van der Waals surface area contributed by atoms with Crippen molar-refractivity contribution in [1.29, 1.82) is 0 Å². The van der Waals surface area contributed by atoms with Gasteiger partial charge in [-0.05, 0) is 67.1 Å². The van der Waals surface area contributed by atoms with Gasteiger partial charge in [-0.3, -0.25) is 14.5 Å². The Morgan fingerprint density at radius 3 is 2.31 bits per heavy atom. The summed E-state index contributed by atoms with van der Waals surface area (Å²) in [5.74, 6) is 0.254. The molecule has 1 aromatic heterocycles. The Hall–Kier alpha value is -4.57. The van der Waals surface area contributed by atoms with E-state index in [1.165, 1.54) is 30.5 Å². The number of carbonyl (C=O) groups excluding carboxylic acids is 2. The van der Waals surface area contributed by atoms with Crippen LogP contribution in [-0.2, 0) is 9.59 Å². The average Bonchev–Trinajstić information content (AvgIpc) is 3.50. The number of ketones is 1. The van der Waals surface area contributed by atoms with E-state index in [1.807, 2.05) is 13.0 Å². The van der Waals surface area contributed by atoms with E-state index in [0.29, 0.717) is 51.4 Å². The summed E-state index contributed by atoms with van der Waals surface area (Å²) in [6, 6.07) is 16.2. The fourth-order valence-corrected chi connectivity index (χ4v) is 5.52. The van der Waals surface area contributed by atoms with Gasteiger partial charge in [0.05, 0.1) is 49.8 Å². The lowest BCUT2D eigenvalue weighted by Gasteiger charge is -2.24. The molecule has 0 saturated carbocycles. The third-order valence-corrected chi connectivity index (χ3v) is 7.42. The SMILES string of the molecule is CCOc1ccc(C2C(=C(O)c3ccc(OC)cc3)C(=O)C(=O)N2c2nc3ccc(OC)cc3s2)cc1OC. The van der Waals surface area contributed by atoms with E-state index in [0.717, 1.165) is 4.70 Å². The lowest BCUT2D eigenvalue weighted by atomic mass is 9.95. The Morgan fingerprint density at radius 1 is 0.923 bits per heavy atom.